The zero-order valence-corrected chi connectivity index (χ0v) is 27.4. The molecule has 1 aliphatic carbocycles. The first-order valence-corrected chi connectivity index (χ1v) is 16.3. The Morgan fingerprint density at radius 3 is 2.28 bits per heavy atom. The van der Waals surface area contributed by atoms with Crippen molar-refractivity contribution < 1.29 is 28.6 Å². The average Bonchev–Trinajstić information content (AvgIpc) is 3.83. The molecule has 0 radical (unpaired) electrons. The number of carbonyl (C=O) groups excluding carboxylic acids is 3. The number of primary amides is 1. The number of piperazine rings is 1. The number of aliphatic hydroxyl groups is 1. The quantitative estimate of drug-likeness (QED) is 0.281. The molecule has 2 fully saturated rings. The second-order valence-electron chi connectivity index (χ2n) is 12.4. The predicted octanol–water partition coefficient (Wildman–Crippen LogP) is 4.66. The molecule has 10 nitrogen and oxygen atoms in total. The molecule has 13 heteroatoms. The van der Waals surface area contributed by atoms with Crippen LogP contribution >= 0.6 is 23.2 Å². The molecule has 3 heterocycles. The van der Waals surface area contributed by atoms with Crippen molar-refractivity contribution in [2.75, 3.05) is 39.4 Å². The summed E-state index contributed by atoms with van der Waals surface area (Å²) in [5.74, 6) is -3.96. The average molecular weight is 685 g/mol. The molecular formula is C34H36Cl2FN5O5. The van der Waals surface area contributed by atoms with Crippen molar-refractivity contribution in [2.45, 2.75) is 44.8 Å². The summed E-state index contributed by atoms with van der Waals surface area (Å²) >= 11 is 12.3. The molecule has 2 atom stereocenters. The topological polar surface area (TPSA) is 129 Å². The molecule has 1 saturated heterocycles. The van der Waals surface area contributed by atoms with Crippen LogP contribution in [-0.4, -0.2) is 81.9 Å². The number of hydrogen-bond acceptors (Lipinski definition) is 7. The second-order valence-corrected chi connectivity index (χ2v) is 13.3. The van der Waals surface area contributed by atoms with Crippen molar-refractivity contribution in [3.05, 3.63) is 87.2 Å². The van der Waals surface area contributed by atoms with Crippen molar-refractivity contribution in [1.29, 1.82) is 0 Å². The van der Waals surface area contributed by atoms with Crippen molar-refractivity contribution in [1.82, 2.24) is 19.7 Å². The van der Waals surface area contributed by atoms with Crippen molar-refractivity contribution in [3.63, 3.8) is 0 Å². The highest BCUT2D eigenvalue weighted by Crippen LogP contribution is 2.52. The van der Waals surface area contributed by atoms with Crippen LogP contribution in [0.4, 0.5) is 4.39 Å². The maximum Gasteiger partial charge on any atom is 0.321 e. The third-order valence-corrected chi connectivity index (χ3v) is 9.97. The lowest BCUT2D eigenvalue weighted by Crippen LogP contribution is -2.49. The fraction of sp³-hybridized carbons (Fsp3) is 0.412. The van der Waals surface area contributed by atoms with Gasteiger partial charge in [-0.25, -0.2) is 0 Å². The summed E-state index contributed by atoms with van der Waals surface area (Å²) in [6.07, 6.45) is 2.68. The van der Waals surface area contributed by atoms with Gasteiger partial charge < -0.3 is 20.5 Å². The number of fused-ring (bicyclic) bond motifs is 1. The summed E-state index contributed by atoms with van der Waals surface area (Å²) < 4.78 is 23.7. The Hall–Kier alpha value is -3.61. The molecule has 0 spiro atoms. The molecule has 1 saturated carbocycles. The number of alkyl halides is 1. The fourth-order valence-electron chi connectivity index (χ4n) is 6.56. The standard InChI is InChI=1S/C34H36Cl2FN5O5/c1-21(44)40-13-15-41(16-14-40)28(10-17-43)26-8-9-27-30(29(26)22-2-4-23(35)5-3-22)31(45)42(19-25-7-6-24(36)18-39-25)34(27,37)47-20-33(11-12-33)32(38)46/h2-9,18,28,43H,10-17,19-20H2,1H3,(H2,38,46)/t28?,34-/m1/s1. The number of rotatable bonds is 11. The van der Waals surface area contributed by atoms with Crippen LogP contribution in [0.2, 0.25) is 10.0 Å². The highest BCUT2D eigenvalue weighted by atomic mass is 35.5. The van der Waals surface area contributed by atoms with E-state index in [9.17, 15) is 19.5 Å². The number of nitrogens with two attached hydrogens (primary N) is 1. The number of amides is 3. The number of aromatic nitrogens is 1. The van der Waals surface area contributed by atoms with Crippen LogP contribution in [0.3, 0.4) is 0 Å². The molecule has 3 aliphatic rings. The first kappa shape index (κ1) is 33.3. The summed E-state index contributed by atoms with van der Waals surface area (Å²) in [4.78, 5) is 48.1. The third kappa shape index (κ3) is 6.35. The molecule has 248 valence electrons. The molecule has 2 aliphatic heterocycles. The van der Waals surface area contributed by atoms with Crippen molar-refractivity contribution in [3.8, 4) is 11.1 Å². The van der Waals surface area contributed by atoms with E-state index in [1.165, 1.54) is 13.1 Å². The van der Waals surface area contributed by atoms with Gasteiger partial charge in [-0.2, -0.15) is 4.39 Å². The third-order valence-electron chi connectivity index (χ3n) is 9.50. The monoisotopic (exact) mass is 683 g/mol. The summed E-state index contributed by atoms with van der Waals surface area (Å²) in [7, 11) is 0. The Morgan fingerprint density at radius 2 is 1.70 bits per heavy atom. The van der Waals surface area contributed by atoms with Crippen molar-refractivity contribution in [2.24, 2.45) is 11.1 Å². The van der Waals surface area contributed by atoms with Gasteiger partial charge in [0.1, 0.15) is 0 Å². The molecule has 2 aromatic carbocycles. The molecule has 0 bridgehead atoms. The molecular weight excluding hydrogens is 648 g/mol. The molecule has 3 N–H and O–H groups in total. The van der Waals surface area contributed by atoms with Crippen LogP contribution < -0.4 is 5.73 Å². The molecule has 1 aromatic heterocycles. The van der Waals surface area contributed by atoms with E-state index in [-0.39, 0.29) is 42.8 Å². The number of ether oxygens (including phenoxy) is 1. The van der Waals surface area contributed by atoms with E-state index < -0.39 is 23.2 Å². The largest absolute Gasteiger partial charge is 0.396 e. The van der Waals surface area contributed by atoms with Crippen LogP contribution in [0.15, 0.2) is 54.7 Å². The molecule has 47 heavy (non-hydrogen) atoms. The van der Waals surface area contributed by atoms with E-state index in [4.69, 9.17) is 33.7 Å². The molecule has 6 rings (SSSR count). The SMILES string of the molecule is CC(=O)N1CCN(C(CCO)c2ccc3c(c2-c2ccc(Cl)cc2)C(=O)N(Cc2ccc(Cl)cn2)[C@@]3(F)OCC2(C(N)=O)CC2)CC1. The van der Waals surface area contributed by atoms with Crippen molar-refractivity contribution >= 4 is 40.9 Å². The van der Waals surface area contributed by atoms with Gasteiger partial charge in [0.25, 0.3) is 5.91 Å². The predicted molar refractivity (Wildman–Crippen MR) is 174 cm³/mol. The lowest BCUT2D eigenvalue weighted by Gasteiger charge is -2.40. The van der Waals surface area contributed by atoms with E-state index in [2.05, 4.69) is 9.88 Å². The number of benzene rings is 2. The van der Waals surface area contributed by atoms with E-state index >= 15 is 4.39 Å². The van der Waals surface area contributed by atoms with Crippen LogP contribution in [-0.2, 0) is 26.8 Å². The lowest BCUT2D eigenvalue weighted by molar-refractivity contribution is -0.240. The molecule has 3 amide bonds. The highest BCUT2D eigenvalue weighted by Gasteiger charge is 2.57. The van der Waals surface area contributed by atoms with E-state index in [0.29, 0.717) is 72.3 Å². The minimum atomic E-state index is -2.75. The summed E-state index contributed by atoms with van der Waals surface area (Å²) in [6.45, 7) is 2.99. The first-order valence-electron chi connectivity index (χ1n) is 15.6. The molecule has 1 unspecified atom stereocenters. The normalized spacial score (nSPS) is 21.1. The van der Waals surface area contributed by atoms with Gasteiger partial charge in [0, 0.05) is 57.0 Å². The van der Waals surface area contributed by atoms with Crippen LogP contribution in [0, 0.1) is 5.41 Å². The Bertz CT molecular complexity index is 1680. The van der Waals surface area contributed by atoms with Gasteiger partial charge in [0.15, 0.2) is 0 Å². The minimum absolute atomic E-state index is 0.00502. The maximum atomic E-state index is 17.7. The number of carbonyl (C=O) groups is 3. The highest BCUT2D eigenvalue weighted by molar-refractivity contribution is 6.30. The Labute approximate surface area is 282 Å². The zero-order chi connectivity index (χ0) is 33.5. The second kappa shape index (κ2) is 13.1. The minimum Gasteiger partial charge on any atom is -0.396 e. The number of nitrogens with zero attached hydrogens (tertiary/aromatic N) is 4. The van der Waals surface area contributed by atoms with Gasteiger partial charge >= 0.3 is 5.98 Å². The van der Waals surface area contributed by atoms with Crippen LogP contribution in [0.25, 0.3) is 11.1 Å². The number of pyridine rings is 1. The fourth-order valence-corrected chi connectivity index (χ4v) is 6.80. The summed E-state index contributed by atoms with van der Waals surface area (Å²) in [6, 6.07) is 13.1. The van der Waals surface area contributed by atoms with Gasteiger partial charge in [0.2, 0.25) is 11.8 Å². The van der Waals surface area contributed by atoms with E-state index in [0.717, 1.165) is 10.5 Å². The van der Waals surface area contributed by atoms with Gasteiger partial charge in [-0.1, -0.05) is 47.5 Å². The van der Waals surface area contributed by atoms with E-state index in [1.807, 2.05) is 0 Å². The van der Waals surface area contributed by atoms with Crippen LogP contribution in [0.1, 0.15) is 59.4 Å². The Kier molecular flexibility index (Phi) is 9.30. The summed E-state index contributed by atoms with van der Waals surface area (Å²) in [5, 5.41) is 11.1. The molecule has 3 aromatic rings. The smallest absolute Gasteiger partial charge is 0.321 e. The Morgan fingerprint density at radius 1 is 1.02 bits per heavy atom. The summed E-state index contributed by atoms with van der Waals surface area (Å²) in [5.41, 5.74) is 6.97. The maximum absolute atomic E-state index is 17.7. The van der Waals surface area contributed by atoms with Gasteiger partial charge in [-0.3, -0.25) is 29.2 Å². The number of hydrogen-bond donors (Lipinski definition) is 2. The number of halogens is 3. The Balaban J connectivity index is 1.49. The van der Waals surface area contributed by atoms with Gasteiger partial charge in [-0.15, -0.1) is 0 Å². The zero-order valence-electron chi connectivity index (χ0n) is 25.9. The van der Waals surface area contributed by atoms with Gasteiger partial charge in [-0.05, 0) is 60.2 Å². The van der Waals surface area contributed by atoms with E-state index in [1.54, 1.807) is 53.4 Å². The lowest BCUT2D eigenvalue weighted by atomic mass is 9.86. The first-order chi connectivity index (χ1) is 22.5. The van der Waals surface area contributed by atoms with Crippen LogP contribution in [0.5, 0.6) is 0 Å². The van der Waals surface area contributed by atoms with Gasteiger partial charge in [0.05, 0.1) is 40.4 Å². The number of aliphatic hydroxyl groups excluding tert-OH is 1.